The average Bonchev–Trinajstić information content (AvgIpc) is 2.99. The fraction of sp³-hybridized carbons (Fsp3) is 0.933. The van der Waals surface area contributed by atoms with Crippen LogP contribution >= 0.6 is 0 Å². The Morgan fingerprint density at radius 3 is 2.78 bits per heavy atom. The number of rotatable bonds is 7. The van der Waals surface area contributed by atoms with Gasteiger partial charge in [0.25, 0.3) is 0 Å². The molecule has 0 radical (unpaired) electrons. The van der Waals surface area contributed by atoms with Crippen LogP contribution in [0, 0.1) is 5.92 Å². The van der Waals surface area contributed by atoms with E-state index in [1.165, 1.54) is 38.5 Å². The highest BCUT2D eigenvalue weighted by atomic mass is 16.2. The lowest BCUT2D eigenvalue weighted by atomic mass is 10.0. The van der Waals surface area contributed by atoms with Gasteiger partial charge in [0, 0.05) is 13.1 Å². The monoisotopic (exact) mass is 252 g/mol. The van der Waals surface area contributed by atoms with Gasteiger partial charge in [-0.3, -0.25) is 4.79 Å². The summed E-state index contributed by atoms with van der Waals surface area (Å²) in [6.45, 7) is 5.06. The molecular weight excluding hydrogens is 224 g/mol. The van der Waals surface area contributed by atoms with Gasteiger partial charge < -0.3 is 10.2 Å². The summed E-state index contributed by atoms with van der Waals surface area (Å²) in [4.78, 5) is 14.2. The Kier molecular flexibility index (Phi) is 5.48. The summed E-state index contributed by atoms with van der Waals surface area (Å²) in [5.41, 5.74) is 0. The second-order valence-electron chi connectivity index (χ2n) is 5.91. The highest BCUT2D eigenvalue weighted by Crippen LogP contribution is 2.28. The van der Waals surface area contributed by atoms with Crippen molar-refractivity contribution in [2.75, 3.05) is 19.6 Å². The van der Waals surface area contributed by atoms with Gasteiger partial charge in [-0.2, -0.15) is 0 Å². The first-order chi connectivity index (χ1) is 8.81. The third kappa shape index (κ3) is 3.71. The number of nitrogens with zero attached hydrogens (tertiary/aromatic N) is 1. The summed E-state index contributed by atoms with van der Waals surface area (Å²) in [5, 5.41) is 3.35. The van der Waals surface area contributed by atoms with Gasteiger partial charge in [-0.05, 0) is 38.1 Å². The van der Waals surface area contributed by atoms with Gasteiger partial charge >= 0.3 is 0 Å². The Morgan fingerprint density at radius 1 is 1.28 bits per heavy atom. The van der Waals surface area contributed by atoms with Gasteiger partial charge in [-0.25, -0.2) is 0 Å². The number of nitrogens with one attached hydrogen (secondary N) is 1. The molecule has 1 aliphatic carbocycles. The van der Waals surface area contributed by atoms with Gasteiger partial charge in [0.1, 0.15) is 0 Å². The molecule has 0 bridgehead atoms. The summed E-state index contributed by atoms with van der Waals surface area (Å²) < 4.78 is 0. The molecule has 2 rings (SSSR count). The number of likely N-dealkylation sites (tertiary alicyclic amines) is 1. The molecule has 1 N–H and O–H groups in total. The van der Waals surface area contributed by atoms with Gasteiger partial charge in [0.15, 0.2) is 0 Å². The normalized spacial score (nSPS) is 25.3. The van der Waals surface area contributed by atoms with Crippen LogP contribution in [0.1, 0.15) is 58.3 Å². The van der Waals surface area contributed by atoms with Crippen molar-refractivity contribution in [3.8, 4) is 0 Å². The largest absolute Gasteiger partial charge is 0.341 e. The van der Waals surface area contributed by atoms with E-state index < -0.39 is 0 Å². The van der Waals surface area contributed by atoms with Crippen LogP contribution < -0.4 is 5.32 Å². The van der Waals surface area contributed by atoms with Crippen LogP contribution in [-0.4, -0.2) is 36.5 Å². The van der Waals surface area contributed by atoms with Crippen molar-refractivity contribution in [1.29, 1.82) is 0 Å². The lowest BCUT2D eigenvalue weighted by Crippen LogP contribution is -2.38. The molecule has 0 spiro atoms. The maximum Gasteiger partial charge on any atom is 0.239 e. The topological polar surface area (TPSA) is 32.3 Å². The summed E-state index contributed by atoms with van der Waals surface area (Å²) >= 11 is 0. The van der Waals surface area contributed by atoms with Gasteiger partial charge in [0.05, 0.1) is 6.04 Å². The number of amides is 1. The Labute approximate surface area is 111 Å². The second kappa shape index (κ2) is 7.13. The molecule has 0 aromatic rings. The van der Waals surface area contributed by atoms with E-state index in [0.29, 0.717) is 5.91 Å². The van der Waals surface area contributed by atoms with Crippen molar-refractivity contribution in [3.63, 3.8) is 0 Å². The van der Waals surface area contributed by atoms with E-state index in [-0.39, 0.29) is 6.04 Å². The minimum Gasteiger partial charge on any atom is -0.341 e. The van der Waals surface area contributed by atoms with Crippen molar-refractivity contribution < 1.29 is 4.79 Å². The standard InChI is InChI=1S/C15H28N2O/c1-2-10-16-14-9-12-17(15(14)18)11-5-8-13-6-3-4-7-13/h13-14,16H,2-12H2,1H3. The summed E-state index contributed by atoms with van der Waals surface area (Å²) in [6.07, 6.45) is 10.3. The van der Waals surface area contributed by atoms with E-state index in [4.69, 9.17) is 0 Å². The van der Waals surface area contributed by atoms with Gasteiger partial charge in [-0.15, -0.1) is 0 Å². The smallest absolute Gasteiger partial charge is 0.239 e. The molecule has 1 heterocycles. The number of carbonyl (C=O) groups excluding carboxylic acids is 1. The van der Waals surface area contributed by atoms with Crippen LogP contribution in [0.15, 0.2) is 0 Å². The predicted molar refractivity (Wildman–Crippen MR) is 74.5 cm³/mol. The van der Waals surface area contributed by atoms with Crippen molar-refractivity contribution >= 4 is 5.91 Å². The molecule has 1 saturated heterocycles. The number of hydrogen-bond acceptors (Lipinski definition) is 2. The first-order valence-electron chi connectivity index (χ1n) is 7.83. The van der Waals surface area contributed by atoms with Crippen molar-refractivity contribution in [1.82, 2.24) is 10.2 Å². The van der Waals surface area contributed by atoms with Crippen LogP contribution in [0.25, 0.3) is 0 Å². The summed E-state index contributed by atoms with van der Waals surface area (Å²) in [6, 6.07) is 0.108. The quantitative estimate of drug-likeness (QED) is 0.755. The molecule has 2 fully saturated rings. The van der Waals surface area contributed by atoms with Crippen LogP contribution in [0.5, 0.6) is 0 Å². The molecule has 1 unspecified atom stereocenters. The zero-order valence-corrected chi connectivity index (χ0v) is 11.8. The Morgan fingerprint density at radius 2 is 2.06 bits per heavy atom. The van der Waals surface area contributed by atoms with E-state index in [9.17, 15) is 4.79 Å². The molecule has 0 aromatic heterocycles. The first kappa shape index (κ1) is 13.9. The fourth-order valence-electron chi connectivity index (χ4n) is 3.34. The molecule has 1 atom stereocenters. The van der Waals surface area contributed by atoms with Crippen molar-refractivity contribution in [3.05, 3.63) is 0 Å². The zero-order chi connectivity index (χ0) is 12.8. The van der Waals surface area contributed by atoms with E-state index in [1.807, 2.05) is 0 Å². The average molecular weight is 252 g/mol. The Hall–Kier alpha value is -0.570. The highest BCUT2D eigenvalue weighted by molar-refractivity contribution is 5.83. The summed E-state index contributed by atoms with van der Waals surface area (Å²) in [5.74, 6) is 1.30. The first-order valence-corrected chi connectivity index (χ1v) is 7.83. The van der Waals surface area contributed by atoms with Crippen molar-refractivity contribution in [2.45, 2.75) is 64.3 Å². The maximum absolute atomic E-state index is 12.1. The van der Waals surface area contributed by atoms with Crippen molar-refractivity contribution in [2.24, 2.45) is 5.92 Å². The second-order valence-corrected chi connectivity index (χ2v) is 5.91. The fourth-order valence-corrected chi connectivity index (χ4v) is 3.34. The lowest BCUT2D eigenvalue weighted by Gasteiger charge is -2.18. The van der Waals surface area contributed by atoms with Crippen LogP contribution in [0.4, 0.5) is 0 Å². The minimum absolute atomic E-state index is 0.108. The van der Waals surface area contributed by atoms with E-state index in [1.54, 1.807) is 0 Å². The molecule has 1 amide bonds. The molecule has 1 saturated carbocycles. The molecular formula is C15H28N2O. The molecule has 3 nitrogen and oxygen atoms in total. The van der Waals surface area contributed by atoms with Crippen LogP contribution in [0.3, 0.4) is 0 Å². The molecule has 2 aliphatic rings. The number of hydrogen-bond donors (Lipinski definition) is 1. The molecule has 104 valence electrons. The highest BCUT2D eigenvalue weighted by Gasteiger charge is 2.30. The van der Waals surface area contributed by atoms with E-state index in [0.717, 1.165) is 38.4 Å². The van der Waals surface area contributed by atoms with Gasteiger partial charge in [-0.1, -0.05) is 32.6 Å². The van der Waals surface area contributed by atoms with Crippen LogP contribution in [0.2, 0.25) is 0 Å². The van der Waals surface area contributed by atoms with Crippen LogP contribution in [-0.2, 0) is 4.79 Å². The SMILES string of the molecule is CCCNC1CCN(CCCC2CCCC2)C1=O. The van der Waals surface area contributed by atoms with Gasteiger partial charge in [0.2, 0.25) is 5.91 Å². The maximum atomic E-state index is 12.1. The minimum atomic E-state index is 0.108. The molecule has 18 heavy (non-hydrogen) atoms. The Balaban J connectivity index is 1.62. The zero-order valence-electron chi connectivity index (χ0n) is 11.8. The third-order valence-corrected chi connectivity index (χ3v) is 4.45. The molecule has 1 aliphatic heterocycles. The third-order valence-electron chi connectivity index (χ3n) is 4.45. The van der Waals surface area contributed by atoms with E-state index in [2.05, 4.69) is 17.1 Å². The number of carbonyl (C=O) groups is 1. The molecule has 0 aromatic carbocycles. The van der Waals surface area contributed by atoms with E-state index >= 15 is 0 Å². The lowest BCUT2D eigenvalue weighted by molar-refractivity contribution is -0.129. The summed E-state index contributed by atoms with van der Waals surface area (Å²) in [7, 11) is 0. The molecule has 3 heteroatoms. The predicted octanol–water partition coefficient (Wildman–Crippen LogP) is 2.56. The Bertz CT molecular complexity index is 261.